The fourth-order valence-corrected chi connectivity index (χ4v) is 1.69. The van der Waals surface area contributed by atoms with Gasteiger partial charge in [0.25, 0.3) is 5.91 Å². The number of nitrogens with one attached hydrogen (secondary N) is 2. The number of rotatable bonds is 7. The summed E-state index contributed by atoms with van der Waals surface area (Å²) in [6.07, 6.45) is 0. The Bertz CT molecular complexity index is 364. The Hall–Kier alpha value is -0.620. The summed E-state index contributed by atoms with van der Waals surface area (Å²) >= 11 is 3.33. The van der Waals surface area contributed by atoms with Gasteiger partial charge < -0.3 is 15.4 Å². The van der Waals surface area contributed by atoms with E-state index in [1.165, 1.54) is 0 Å². The van der Waals surface area contributed by atoms with Crippen LogP contribution in [0.15, 0.2) is 28.7 Å². The molecule has 6 heteroatoms. The zero-order valence-electron chi connectivity index (χ0n) is 10.2. The maximum atomic E-state index is 11.7. The lowest BCUT2D eigenvalue weighted by Gasteiger charge is -2.06. The average molecular weight is 338 g/mol. The summed E-state index contributed by atoms with van der Waals surface area (Å²) in [6, 6.07) is 7.32. The number of ether oxygens (including phenoxy) is 1. The first-order valence-corrected chi connectivity index (χ1v) is 6.27. The van der Waals surface area contributed by atoms with Gasteiger partial charge in [0.05, 0.1) is 6.61 Å². The van der Waals surface area contributed by atoms with Crippen LogP contribution in [0.1, 0.15) is 10.4 Å². The van der Waals surface area contributed by atoms with Gasteiger partial charge >= 0.3 is 0 Å². The molecule has 1 aromatic carbocycles. The Morgan fingerprint density at radius 1 is 1.33 bits per heavy atom. The molecule has 0 aliphatic heterocycles. The van der Waals surface area contributed by atoms with Gasteiger partial charge in [0.1, 0.15) is 0 Å². The molecule has 0 aliphatic rings. The fraction of sp³-hybridized carbons (Fsp3) is 0.417. The molecule has 1 amide bonds. The van der Waals surface area contributed by atoms with E-state index in [9.17, 15) is 4.79 Å². The van der Waals surface area contributed by atoms with E-state index in [-0.39, 0.29) is 18.3 Å². The van der Waals surface area contributed by atoms with Gasteiger partial charge in [-0.3, -0.25) is 4.79 Å². The quantitative estimate of drug-likeness (QED) is 0.747. The van der Waals surface area contributed by atoms with E-state index < -0.39 is 0 Å². The molecule has 0 aliphatic carbocycles. The molecule has 0 bridgehead atoms. The Morgan fingerprint density at radius 2 is 2.11 bits per heavy atom. The zero-order valence-corrected chi connectivity index (χ0v) is 12.6. The molecule has 0 radical (unpaired) electrons. The first-order valence-electron chi connectivity index (χ1n) is 5.47. The van der Waals surface area contributed by atoms with E-state index in [2.05, 4.69) is 26.6 Å². The highest BCUT2D eigenvalue weighted by molar-refractivity contribution is 9.10. The Labute approximate surface area is 122 Å². The van der Waals surface area contributed by atoms with Crippen LogP contribution in [0.4, 0.5) is 0 Å². The van der Waals surface area contributed by atoms with Crippen LogP contribution in [0, 0.1) is 0 Å². The summed E-state index contributed by atoms with van der Waals surface area (Å²) in [7, 11) is 1.66. The van der Waals surface area contributed by atoms with Gasteiger partial charge in [-0.1, -0.05) is 22.0 Å². The van der Waals surface area contributed by atoms with Crippen LogP contribution in [0.3, 0.4) is 0 Å². The average Bonchev–Trinajstić information content (AvgIpc) is 2.33. The minimum Gasteiger partial charge on any atom is -0.383 e. The summed E-state index contributed by atoms with van der Waals surface area (Å²) in [5.74, 6) is -0.0557. The summed E-state index contributed by atoms with van der Waals surface area (Å²) in [5, 5.41) is 6.00. The third kappa shape index (κ3) is 6.96. The number of hydrogen-bond acceptors (Lipinski definition) is 3. The van der Waals surface area contributed by atoms with Gasteiger partial charge in [0, 0.05) is 36.8 Å². The number of benzene rings is 1. The Balaban J connectivity index is 0.00000289. The highest BCUT2D eigenvalue weighted by Crippen LogP contribution is 2.11. The predicted octanol–water partition coefficient (Wildman–Crippen LogP) is 1.84. The van der Waals surface area contributed by atoms with Gasteiger partial charge in [-0.15, -0.1) is 12.4 Å². The second-order valence-electron chi connectivity index (χ2n) is 3.51. The van der Waals surface area contributed by atoms with Crippen LogP contribution < -0.4 is 10.6 Å². The number of carbonyl (C=O) groups is 1. The standard InChI is InChI=1S/C12H17BrN2O2.ClH/c1-17-8-7-14-5-6-15-12(16)10-3-2-4-11(13)9-10;/h2-4,9,14H,5-8H2,1H3,(H,15,16);1H. The van der Waals surface area contributed by atoms with Crippen molar-refractivity contribution in [2.24, 2.45) is 0 Å². The Morgan fingerprint density at radius 3 is 2.78 bits per heavy atom. The Kier molecular flexibility index (Phi) is 9.96. The van der Waals surface area contributed by atoms with Crippen LogP contribution in [0.2, 0.25) is 0 Å². The number of carbonyl (C=O) groups excluding carboxylic acids is 1. The van der Waals surface area contributed by atoms with E-state index in [0.29, 0.717) is 18.7 Å². The smallest absolute Gasteiger partial charge is 0.251 e. The van der Waals surface area contributed by atoms with Crippen LogP contribution in [-0.2, 0) is 4.74 Å². The molecule has 0 fully saturated rings. The molecule has 1 aromatic rings. The van der Waals surface area contributed by atoms with Gasteiger partial charge in [0.2, 0.25) is 0 Å². The highest BCUT2D eigenvalue weighted by atomic mass is 79.9. The lowest BCUT2D eigenvalue weighted by atomic mass is 10.2. The second kappa shape index (κ2) is 10.3. The second-order valence-corrected chi connectivity index (χ2v) is 4.42. The van der Waals surface area contributed by atoms with E-state index in [1.807, 2.05) is 12.1 Å². The van der Waals surface area contributed by atoms with Crippen molar-refractivity contribution in [3.8, 4) is 0 Å². The van der Waals surface area contributed by atoms with Crippen LogP contribution >= 0.6 is 28.3 Å². The number of halogens is 2. The van der Waals surface area contributed by atoms with Crippen LogP contribution in [0.25, 0.3) is 0 Å². The maximum Gasteiger partial charge on any atom is 0.251 e. The monoisotopic (exact) mass is 336 g/mol. The van der Waals surface area contributed by atoms with Crippen molar-refractivity contribution in [1.29, 1.82) is 0 Å². The van der Waals surface area contributed by atoms with Gasteiger partial charge in [-0.25, -0.2) is 0 Å². The molecule has 0 saturated heterocycles. The number of hydrogen-bond donors (Lipinski definition) is 2. The lowest BCUT2D eigenvalue weighted by Crippen LogP contribution is -2.33. The molecule has 0 aromatic heterocycles. The predicted molar refractivity (Wildman–Crippen MR) is 78.5 cm³/mol. The minimum absolute atomic E-state index is 0. The van der Waals surface area contributed by atoms with E-state index >= 15 is 0 Å². The van der Waals surface area contributed by atoms with Gasteiger partial charge in [0.15, 0.2) is 0 Å². The molecule has 18 heavy (non-hydrogen) atoms. The summed E-state index contributed by atoms with van der Waals surface area (Å²) in [5.41, 5.74) is 0.663. The number of amides is 1. The normalized spacial score (nSPS) is 9.67. The highest BCUT2D eigenvalue weighted by Gasteiger charge is 2.03. The molecule has 0 saturated carbocycles. The van der Waals surface area contributed by atoms with Crippen LogP contribution in [-0.4, -0.2) is 39.3 Å². The zero-order chi connectivity index (χ0) is 12.5. The third-order valence-corrected chi connectivity index (χ3v) is 2.65. The van der Waals surface area contributed by atoms with Crippen molar-refractivity contribution in [2.45, 2.75) is 0 Å². The van der Waals surface area contributed by atoms with Crippen molar-refractivity contribution in [1.82, 2.24) is 10.6 Å². The first-order chi connectivity index (χ1) is 8.24. The summed E-state index contributed by atoms with van der Waals surface area (Å²) < 4.78 is 5.80. The molecule has 4 nitrogen and oxygen atoms in total. The summed E-state index contributed by atoms with van der Waals surface area (Å²) in [6.45, 7) is 2.82. The molecule has 0 heterocycles. The topological polar surface area (TPSA) is 50.4 Å². The fourth-order valence-electron chi connectivity index (χ4n) is 1.30. The molecule has 102 valence electrons. The van der Waals surface area contributed by atoms with Crippen molar-refractivity contribution in [3.05, 3.63) is 34.3 Å². The SMILES string of the molecule is COCCNCCNC(=O)c1cccc(Br)c1.Cl. The largest absolute Gasteiger partial charge is 0.383 e. The minimum atomic E-state index is -0.0557. The van der Waals surface area contributed by atoms with Crippen molar-refractivity contribution >= 4 is 34.2 Å². The first kappa shape index (κ1) is 17.4. The molecule has 0 atom stereocenters. The molecular weight excluding hydrogens is 320 g/mol. The van der Waals surface area contributed by atoms with Crippen molar-refractivity contribution < 1.29 is 9.53 Å². The maximum absolute atomic E-state index is 11.7. The van der Waals surface area contributed by atoms with E-state index in [4.69, 9.17) is 4.74 Å². The molecule has 2 N–H and O–H groups in total. The molecule has 0 unspecified atom stereocenters. The lowest BCUT2D eigenvalue weighted by molar-refractivity contribution is 0.0953. The molecule has 1 rings (SSSR count). The van der Waals surface area contributed by atoms with E-state index in [1.54, 1.807) is 19.2 Å². The van der Waals surface area contributed by atoms with E-state index in [0.717, 1.165) is 17.6 Å². The van der Waals surface area contributed by atoms with Crippen LogP contribution in [0.5, 0.6) is 0 Å². The number of methoxy groups -OCH3 is 1. The third-order valence-electron chi connectivity index (χ3n) is 2.16. The van der Waals surface area contributed by atoms with Crippen molar-refractivity contribution in [2.75, 3.05) is 33.4 Å². The van der Waals surface area contributed by atoms with Crippen molar-refractivity contribution in [3.63, 3.8) is 0 Å². The van der Waals surface area contributed by atoms with Gasteiger partial charge in [-0.2, -0.15) is 0 Å². The van der Waals surface area contributed by atoms with Gasteiger partial charge in [-0.05, 0) is 18.2 Å². The summed E-state index contributed by atoms with van der Waals surface area (Å²) in [4.78, 5) is 11.7. The molecular formula is C12H18BrClN2O2. The molecule has 0 spiro atoms.